The highest BCUT2D eigenvalue weighted by molar-refractivity contribution is 7.91. The molecule has 2 heterocycles. The molecule has 1 fully saturated rings. The lowest BCUT2D eigenvalue weighted by Crippen LogP contribution is -2.36. The highest BCUT2D eigenvalue weighted by Crippen LogP contribution is 2.12. The molecule has 7 nitrogen and oxygen atoms in total. The summed E-state index contributed by atoms with van der Waals surface area (Å²) in [5.41, 5.74) is 0.0800. The monoisotopic (exact) mass is 298 g/mol. The van der Waals surface area contributed by atoms with Crippen LogP contribution in [0.3, 0.4) is 0 Å². The molecular formula is C12H14N2O5S. The van der Waals surface area contributed by atoms with Crippen LogP contribution in [0.1, 0.15) is 27.4 Å². The average molecular weight is 298 g/mol. The second kappa shape index (κ2) is 5.58. The van der Waals surface area contributed by atoms with E-state index in [0.717, 1.165) is 0 Å². The van der Waals surface area contributed by atoms with E-state index in [1.807, 2.05) is 0 Å². The molecule has 1 aliphatic heterocycles. The van der Waals surface area contributed by atoms with Gasteiger partial charge in [-0.3, -0.25) is 4.79 Å². The number of esters is 1. The minimum Gasteiger partial charge on any atom is -0.464 e. The summed E-state index contributed by atoms with van der Waals surface area (Å²) >= 11 is 0. The lowest BCUT2D eigenvalue weighted by molar-refractivity contribution is 0.0594. The maximum atomic E-state index is 12.0. The third kappa shape index (κ3) is 3.32. The largest absolute Gasteiger partial charge is 0.464 e. The normalized spacial score (nSPS) is 20.4. The maximum Gasteiger partial charge on any atom is 0.356 e. The lowest BCUT2D eigenvalue weighted by atomic mass is 10.2. The number of hydrogen-bond donors (Lipinski definition) is 1. The van der Waals surface area contributed by atoms with Crippen molar-refractivity contribution >= 4 is 21.7 Å². The van der Waals surface area contributed by atoms with Crippen molar-refractivity contribution in [2.45, 2.75) is 12.5 Å². The van der Waals surface area contributed by atoms with Crippen molar-refractivity contribution in [3.05, 3.63) is 29.6 Å². The quantitative estimate of drug-likeness (QED) is 0.774. The lowest BCUT2D eigenvalue weighted by Gasteiger charge is -2.10. The molecule has 1 saturated heterocycles. The summed E-state index contributed by atoms with van der Waals surface area (Å²) in [4.78, 5) is 27.2. The highest BCUT2D eigenvalue weighted by Gasteiger charge is 2.29. The Morgan fingerprint density at radius 1 is 1.35 bits per heavy atom. The van der Waals surface area contributed by atoms with Gasteiger partial charge in [0.1, 0.15) is 11.4 Å². The van der Waals surface area contributed by atoms with Crippen molar-refractivity contribution in [2.75, 3.05) is 18.6 Å². The maximum absolute atomic E-state index is 12.0. The van der Waals surface area contributed by atoms with Crippen molar-refractivity contribution in [1.29, 1.82) is 0 Å². The summed E-state index contributed by atoms with van der Waals surface area (Å²) < 4.78 is 27.1. The van der Waals surface area contributed by atoms with E-state index in [1.54, 1.807) is 0 Å². The summed E-state index contributed by atoms with van der Waals surface area (Å²) in [5, 5.41) is 2.60. The molecule has 1 atom stereocenters. The predicted molar refractivity (Wildman–Crippen MR) is 70.1 cm³/mol. The molecule has 0 bridgehead atoms. The first-order valence-electron chi connectivity index (χ1n) is 5.98. The number of hydrogen-bond acceptors (Lipinski definition) is 6. The Labute approximate surface area is 116 Å². The highest BCUT2D eigenvalue weighted by atomic mass is 32.2. The minimum absolute atomic E-state index is 0.0270. The van der Waals surface area contributed by atoms with Crippen LogP contribution in [0, 0.1) is 0 Å². The van der Waals surface area contributed by atoms with Crippen LogP contribution in [-0.2, 0) is 14.6 Å². The summed E-state index contributed by atoms with van der Waals surface area (Å²) in [6.45, 7) is 0. The standard InChI is InChI=1S/C12H14N2O5S/c1-19-12(16)10-4-2-3-9(14-10)11(15)13-8-5-6-20(17,18)7-8/h2-4,8H,5-7H2,1H3,(H,13,15). The van der Waals surface area contributed by atoms with E-state index in [2.05, 4.69) is 15.0 Å². The number of ether oxygens (including phenoxy) is 1. The topological polar surface area (TPSA) is 102 Å². The van der Waals surface area contributed by atoms with E-state index in [1.165, 1.54) is 25.3 Å². The Kier molecular flexibility index (Phi) is 4.03. The van der Waals surface area contributed by atoms with Gasteiger partial charge in [-0.15, -0.1) is 0 Å². The van der Waals surface area contributed by atoms with Crippen LogP contribution >= 0.6 is 0 Å². The number of nitrogens with zero attached hydrogens (tertiary/aromatic N) is 1. The molecule has 2 rings (SSSR count). The van der Waals surface area contributed by atoms with Crippen LogP contribution in [0.15, 0.2) is 18.2 Å². The Balaban J connectivity index is 2.08. The van der Waals surface area contributed by atoms with Crippen molar-refractivity contribution in [3.8, 4) is 0 Å². The molecule has 0 aliphatic carbocycles. The zero-order valence-electron chi connectivity index (χ0n) is 10.8. The molecule has 0 spiro atoms. The van der Waals surface area contributed by atoms with E-state index in [0.29, 0.717) is 6.42 Å². The van der Waals surface area contributed by atoms with E-state index < -0.39 is 27.8 Å². The van der Waals surface area contributed by atoms with Crippen LogP contribution in [-0.4, -0.2) is 49.9 Å². The Bertz CT molecular complexity index is 641. The van der Waals surface area contributed by atoms with E-state index in [4.69, 9.17) is 0 Å². The Morgan fingerprint density at radius 2 is 2.05 bits per heavy atom. The molecule has 1 N–H and O–H groups in total. The first kappa shape index (κ1) is 14.4. The van der Waals surface area contributed by atoms with Gasteiger partial charge in [0.2, 0.25) is 0 Å². The SMILES string of the molecule is COC(=O)c1cccc(C(=O)NC2CCS(=O)(=O)C2)n1. The second-order valence-corrected chi connectivity index (χ2v) is 6.70. The first-order valence-corrected chi connectivity index (χ1v) is 7.80. The number of pyridine rings is 1. The number of methoxy groups -OCH3 is 1. The van der Waals surface area contributed by atoms with Crippen molar-refractivity contribution in [2.24, 2.45) is 0 Å². The number of carbonyl (C=O) groups is 2. The molecule has 1 aliphatic rings. The number of carbonyl (C=O) groups excluding carboxylic acids is 2. The van der Waals surface area contributed by atoms with Gasteiger partial charge >= 0.3 is 5.97 Å². The Hall–Kier alpha value is -1.96. The third-order valence-corrected chi connectivity index (χ3v) is 4.71. The van der Waals surface area contributed by atoms with Crippen LogP contribution in [0.5, 0.6) is 0 Å². The molecule has 1 aromatic rings. The Morgan fingerprint density at radius 3 is 2.65 bits per heavy atom. The molecular weight excluding hydrogens is 284 g/mol. The summed E-state index contributed by atoms with van der Waals surface area (Å²) in [7, 11) is -1.84. The van der Waals surface area contributed by atoms with Gasteiger partial charge in [0, 0.05) is 6.04 Å². The molecule has 20 heavy (non-hydrogen) atoms. The van der Waals surface area contributed by atoms with E-state index in [9.17, 15) is 18.0 Å². The van der Waals surface area contributed by atoms with Gasteiger partial charge in [-0.1, -0.05) is 6.07 Å². The van der Waals surface area contributed by atoms with Gasteiger partial charge in [-0.25, -0.2) is 18.2 Å². The fourth-order valence-electron chi connectivity index (χ4n) is 1.95. The number of nitrogens with one attached hydrogen (secondary N) is 1. The van der Waals surface area contributed by atoms with Gasteiger partial charge in [-0.2, -0.15) is 0 Å². The molecule has 0 aromatic carbocycles. The molecule has 1 aromatic heterocycles. The predicted octanol–water partition coefficient (Wildman–Crippen LogP) is -0.215. The zero-order chi connectivity index (χ0) is 14.8. The number of aromatic nitrogens is 1. The van der Waals surface area contributed by atoms with Gasteiger partial charge in [0.05, 0.1) is 18.6 Å². The summed E-state index contributed by atoms with van der Waals surface area (Å²) in [6, 6.07) is 3.99. The molecule has 108 valence electrons. The summed E-state index contributed by atoms with van der Waals surface area (Å²) in [5.74, 6) is -1.12. The van der Waals surface area contributed by atoms with Crippen molar-refractivity contribution < 1.29 is 22.7 Å². The fraction of sp³-hybridized carbons (Fsp3) is 0.417. The third-order valence-electron chi connectivity index (χ3n) is 2.94. The minimum atomic E-state index is -3.06. The summed E-state index contributed by atoms with van der Waals surface area (Å²) in [6.07, 6.45) is 0.394. The molecule has 0 saturated carbocycles. The van der Waals surface area contributed by atoms with Crippen molar-refractivity contribution in [1.82, 2.24) is 10.3 Å². The second-order valence-electron chi connectivity index (χ2n) is 4.47. The number of sulfone groups is 1. The average Bonchev–Trinajstić information content (AvgIpc) is 2.77. The molecule has 8 heteroatoms. The van der Waals surface area contributed by atoms with Crippen molar-refractivity contribution in [3.63, 3.8) is 0 Å². The molecule has 1 amide bonds. The van der Waals surface area contributed by atoms with Crippen LogP contribution in [0.25, 0.3) is 0 Å². The van der Waals surface area contributed by atoms with Crippen LogP contribution in [0.4, 0.5) is 0 Å². The van der Waals surface area contributed by atoms with Gasteiger partial charge in [-0.05, 0) is 18.6 Å². The van der Waals surface area contributed by atoms with E-state index >= 15 is 0 Å². The van der Waals surface area contributed by atoms with Crippen LogP contribution < -0.4 is 5.32 Å². The first-order chi connectivity index (χ1) is 9.41. The van der Waals surface area contributed by atoms with Gasteiger partial charge in [0.25, 0.3) is 5.91 Å². The molecule has 1 unspecified atom stereocenters. The van der Waals surface area contributed by atoms with Gasteiger partial charge < -0.3 is 10.1 Å². The number of amides is 1. The van der Waals surface area contributed by atoms with Crippen LogP contribution in [0.2, 0.25) is 0 Å². The number of rotatable bonds is 3. The van der Waals surface area contributed by atoms with Gasteiger partial charge in [0.15, 0.2) is 9.84 Å². The van der Waals surface area contributed by atoms with E-state index in [-0.39, 0.29) is 22.9 Å². The zero-order valence-corrected chi connectivity index (χ0v) is 11.6. The molecule has 0 radical (unpaired) electrons. The smallest absolute Gasteiger partial charge is 0.356 e. The fourth-order valence-corrected chi connectivity index (χ4v) is 3.62.